The molecule has 130 valence electrons. The van der Waals surface area contributed by atoms with Crippen LogP contribution in [0.3, 0.4) is 0 Å². The first-order valence-electron chi connectivity index (χ1n) is 7.61. The summed E-state index contributed by atoms with van der Waals surface area (Å²) in [6.45, 7) is 6.99. The van der Waals surface area contributed by atoms with Gasteiger partial charge >= 0.3 is 6.03 Å². The van der Waals surface area contributed by atoms with Crippen LogP contribution in [-0.4, -0.2) is 31.4 Å². The van der Waals surface area contributed by atoms with Crippen molar-refractivity contribution < 1.29 is 23.5 Å². The number of nitrogens with zero attached hydrogens (tertiary/aromatic N) is 1. The Morgan fingerprint density at radius 3 is 2.42 bits per heavy atom. The van der Waals surface area contributed by atoms with Crippen molar-refractivity contribution in [3.63, 3.8) is 0 Å². The van der Waals surface area contributed by atoms with Crippen LogP contribution in [0.1, 0.15) is 50.0 Å². The van der Waals surface area contributed by atoms with Crippen molar-refractivity contribution in [1.29, 1.82) is 0 Å². The Hall–Kier alpha value is -2.44. The number of urea groups is 1. The van der Waals surface area contributed by atoms with Gasteiger partial charge in [0, 0.05) is 18.5 Å². The highest BCUT2D eigenvalue weighted by Gasteiger charge is 2.33. The van der Waals surface area contributed by atoms with Gasteiger partial charge in [0.15, 0.2) is 11.6 Å². The van der Waals surface area contributed by atoms with Crippen LogP contribution in [-0.2, 0) is 10.2 Å². The predicted octanol–water partition coefficient (Wildman–Crippen LogP) is 2.78. The number of ether oxygens (including phenoxy) is 1. The number of methoxy groups -OCH3 is 1. The zero-order valence-corrected chi connectivity index (χ0v) is 14.4. The number of carbonyl (C=O) groups excluding carboxylic acids is 3. The minimum atomic E-state index is -0.822. The molecular formula is C17H21FN2O4. The van der Waals surface area contributed by atoms with Crippen molar-refractivity contribution in [1.82, 2.24) is 5.32 Å². The molecule has 1 aliphatic heterocycles. The van der Waals surface area contributed by atoms with E-state index in [1.165, 1.54) is 20.1 Å². The number of nitrogens with one attached hydrogen (secondary N) is 1. The Labute approximate surface area is 140 Å². The molecule has 1 aromatic rings. The summed E-state index contributed by atoms with van der Waals surface area (Å²) >= 11 is 0. The topological polar surface area (TPSA) is 75.7 Å². The maximum Gasteiger partial charge on any atom is 0.328 e. The number of hydrogen-bond acceptors (Lipinski definition) is 4. The fraction of sp³-hybridized carbons (Fsp3) is 0.471. The quantitative estimate of drug-likeness (QED) is 0.861. The minimum Gasteiger partial charge on any atom is -0.496 e. The molecule has 1 saturated heterocycles. The lowest BCUT2D eigenvalue weighted by Gasteiger charge is -2.31. The van der Waals surface area contributed by atoms with Crippen LogP contribution in [0.15, 0.2) is 6.07 Å². The molecule has 6 nitrogen and oxygen atoms in total. The van der Waals surface area contributed by atoms with E-state index in [1.807, 2.05) is 20.8 Å². The van der Waals surface area contributed by atoms with E-state index in [-0.39, 0.29) is 30.0 Å². The van der Waals surface area contributed by atoms with Gasteiger partial charge in [0.2, 0.25) is 5.91 Å². The number of hydrogen-bond donors (Lipinski definition) is 1. The zero-order chi connectivity index (χ0) is 18.2. The first-order valence-corrected chi connectivity index (χ1v) is 7.61. The van der Waals surface area contributed by atoms with Gasteiger partial charge in [0.25, 0.3) is 0 Å². The number of anilines is 1. The SMILES string of the molecule is COc1c(C(C)(C)C)cc(N2CCC(=O)NC2=O)c(F)c1C(C)=O. The molecule has 0 saturated carbocycles. The highest BCUT2D eigenvalue weighted by atomic mass is 19.1. The lowest BCUT2D eigenvalue weighted by molar-refractivity contribution is -0.120. The number of ketones is 1. The number of carbonyl (C=O) groups is 3. The molecule has 0 spiro atoms. The Morgan fingerprint density at radius 2 is 1.96 bits per heavy atom. The predicted molar refractivity (Wildman–Crippen MR) is 87.2 cm³/mol. The first-order chi connectivity index (χ1) is 11.1. The van der Waals surface area contributed by atoms with Gasteiger partial charge in [-0.2, -0.15) is 0 Å². The molecule has 0 unspecified atom stereocenters. The third-order valence-corrected chi connectivity index (χ3v) is 3.91. The molecule has 1 fully saturated rings. The second-order valence-electron chi connectivity index (χ2n) is 6.73. The van der Waals surface area contributed by atoms with Gasteiger partial charge in [0.1, 0.15) is 5.75 Å². The van der Waals surface area contributed by atoms with Gasteiger partial charge in [0.05, 0.1) is 18.4 Å². The maximum atomic E-state index is 15.0. The number of Topliss-reactive ketones (excluding diaryl/α,β-unsaturated/α-hetero) is 1. The number of rotatable bonds is 3. The van der Waals surface area contributed by atoms with Gasteiger partial charge < -0.3 is 4.74 Å². The first kappa shape index (κ1) is 17.9. The van der Waals surface area contributed by atoms with Crippen molar-refractivity contribution in [2.75, 3.05) is 18.6 Å². The molecular weight excluding hydrogens is 315 g/mol. The fourth-order valence-corrected chi connectivity index (χ4v) is 2.70. The molecule has 0 bridgehead atoms. The van der Waals surface area contributed by atoms with Crippen LogP contribution in [0.2, 0.25) is 0 Å². The molecule has 2 rings (SSSR count). The number of halogens is 1. The normalized spacial score (nSPS) is 15.3. The van der Waals surface area contributed by atoms with Crippen LogP contribution >= 0.6 is 0 Å². The van der Waals surface area contributed by atoms with Crippen molar-refractivity contribution >= 4 is 23.4 Å². The molecule has 0 atom stereocenters. The Morgan fingerprint density at radius 1 is 1.33 bits per heavy atom. The third kappa shape index (κ3) is 3.11. The van der Waals surface area contributed by atoms with Crippen molar-refractivity contribution in [2.24, 2.45) is 0 Å². The van der Waals surface area contributed by atoms with Crippen LogP contribution in [0, 0.1) is 5.82 Å². The smallest absolute Gasteiger partial charge is 0.328 e. The highest BCUT2D eigenvalue weighted by Crippen LogP contribution is 2.40. The van der Waals surface area contributed by atoms with Crippen LogP contribution in [0.4, 0.5) is 14.9 Å². The van der Waals surface area contributed by atoms with Gasteiger partial charge in [-0.3, -0.25) is 19.8 Å². The standard InChI is InChI=1S/C17H21FN2O4/c1-9(21)13-14(18)11(20-7-6-12(22)19-16(20)23)8-10(15(13)24-5)17(2,3)4/h8H,6-7H2,1-5H3,(H,19,22,23). The highest BCUT2D eigenvalue weighted by molar-refractivity contribution is 6.07. The summed E-state index contributed by atoms with van der Waals surface area (Å²) < 4.78 is 20.3. The van der Waals surface area contributed by atoms with E-state index in [2.05, 4.69) is 5.32 Å². The van der Waals surface area contributed by atoms with Gasteiger partial charge in [-0.05, 0) is 18.4 Å². The van der Waals surface area contributed by atoms with E-state index < -0.39 is 29.0 Å². The van der Waals surface area contributed by atoms with Crippen LogP contribution in [0.25, 0.3) is 0 Å². The molecule has 1 heterocycles. The summed E-state index contributed by atoms with van der Waals surface area (Å²) in [6, 6.07) is 0.806. The molecule has 3 amide bonds. The minimum absolute atomic E-state index is 0.0316. The second kappa shape index (κ2) is 6.22. The molecule has 1 aromatic carbocycles. The van der Waals surface area contributed by atoms with E-state index in [0.29, 0.717) is 5.56 Å². The van der Waals surface area contributed by atoms with Crippen molar-refractivity contribution in [3.05, 3.63) is 23.0 Å². The molecule has 7 heteroatoms. The molecule has 24 heavy (non-hydrogen) atoms. The monoisotopic (exact) mass is 336 g/mol. The Bertz CT molecular complexity index is 722. The third-order valence-electron chi connectivity index (χ3n) is 3.91. The molecule has 1 N–H and O–H groups in total. The van der Waals surface area contributed by atoms with E-state index in [4.69, 9.17) is 4.74 Å². The molecule has 0 aromatic heterocycles. The molecule has 0 aliphatic carbocycles. The van der Waals surface area contributed by atoms with Gasteiger partial charge in [-0.15, -0.1) is 0 Å². The number of amides is 3. The second-order valence-corrected chi connectivity index (χ2v) is 6.73. The average Bonchev–Trinajstić information content (AvgIpc) is 2.45. The number of imide groups is 1. The zero-order valence-electron chi connectivity index (χ0n) is 14.4. The lowest BCUT2D eigenvalue weighted by atomic mass is 9.84. The summed E-state index contributed by atoms with van der Waals surface area (Å²) in [5, 5.41) is 2.16. The average molecular weight is 336 g/mol. The molecule has 0 radical (unpaired) electrons. The Kier molecular flexibility index (Phi) is 4.64. The van der Waals surface area contributed by atoms with Crippen molar-refractivity contribution in [2.45, 2.75) is 39.5 Å². The summed E-state index contributed by atoms with van der Waals surface area (Å²) in [6.07, 6.45) is 0.0669. The van der Waals surface area contributed by atoms with Crippen molar-refractivity contribution in [3.8, 4) is 5.75 Å². The molecule has 1 aliphatic rings. The van der Waals surface area contributed by atoms with Gasteiger partial charge in [-0.25, -0.2) is 9.18 Å². The van der Waals surface area contributed by atoms with Crippen LogP contribution < -0.4 is 15.0 Å². The Balaban J connectivity index is 2.73. The fourth-order valence-electron chi connectivity index (χ4n) is 2.70. The van der Waals surface area contributed by atoms with E-state index in [1.54, 1.807) is 0 Å². The maximum absolute atomic E-state index is 15.0. The van der Waals surface area contributed by atoms with E-state index >= 15 is 0 Å². The van der Waals surface area contributed by atoms with E-state index in [9.17, 15) is 18.8 Å². The summed E-state index contributed by atoms with van der Waals surface area (Å²) in [5.41, 5.74) is -0.0584. The van der Waals surface area contributed by atoms with E-state index in [0.717, 1.165) is 4.90 Å². The van der Waals surface area contributed by atoms with Crippen LogP contribution in [0.5, 0.6) is 5.75 Å². The summed E-state index contributed by atoms with van der Waals surface area (Å²) in [5.74, 6) is -1.56. The summed E-state index contributed by atoms with van der Waals surface area (Å²) in [4.78, 5) is 36.5. The largest absolute Gasteiger partial charge is 0.496 e. The van der Waals surface area contributed by atoms with Gasteiger partial charge in [-0.1, -0.05) is 20.8 Å². The lowest BCUT2D eigenvalue weighted by Crippen LogP contribution is -2.50. The summed E-state index contributed by atoms with van der Waals surface area (Å²) in [7, 11) is 1.38. The number of benzene rings is 1.